The fourth-order valence-corrected chi connectivity index (χ4v) is 4.02. The van der Waals surface area contributed by atoms with Gasteiger partial charge in [0.25, 0.3) is 0 Å². The second kappa shape index (κ2) is 7.39. The van der Waals surface area contributed by atoms with E-state index in [2.05, 4.69) is 9.97 Å². The highest BCUT2D eigenvalue weighted by Gasteiger charge is 2.48. The van der Waals surface area contributed by atoms with E-state index in [1.807, 2.05) is 28.9 Å². The first-order valence-corrected chi connectivity index (χ1v) is 8.83. The number of imidazole rings is 1. The maximum atomic E-state index is 12.6. The van der Waals surface area contributed by atoms with Crippen LogP contribution in [0, 0.1) is 0 Å². The SMILES string of the molecule is CC=CCC(=O)N1CCC2(CC1)c1nc[nH]c1CCN2C(=O)COC. The Morgan fingerprint density at radius 3 is 2.76 bits per heavy atom. The van der Waals surface area contributed by atoms with Crippen LogP contribution in [0.1, 0.15) is 37.6 Å². The molecule has 25 heavy (non-hydrogen) atoms. The van der Waals surface area contributed by atoms with Gasteiger partial charge in [-0.25, -0.2) is 4.98 Å². The largest absolute Gasteiger partial charge is 0.375 e. The molecule has 1 aromatic heterocycles. The van der Waals surface area contributed by atoms with Gasteiger partial charge in [0, 0.05) is 45.3 Å². The normalized spacial score (nSPS) is 19.4. The van der Waals surface area contributed by atoms with Crippen LogP contribution in [0.2, 0.25) is 0 Å². The summed E-state index contributed by atoms with van der Waals surface area (Å²) in [6.07, 6.45) is 8.11. The second-order valence-electron chi connectivity index (χ2n) is 6.64. The van der Waals surface area contributed by atoms with E-state index in [4.69, 9.17) is 4.74 Å². The smallest absolute Gasteiger partial charge is 0.249 e. The van der Waals surface area contributed by atoms with Gasteiger partial charge in [-0.05, 0) is 19.8 Å². The number of carbonyl (C=O) groups is 2. The standard InChI is InChI=1S/C18H26N4O3/c1-3-4-5-15(23)21-10-7-18(8-11-21)17-14(19-13-20-17)6-9-22(18)16(24)12-25-2/h3-4,13H,5-12H2,1-2H3,(H,19,20). The number of allylic oxidation sites excluding steroid dienone is 1. The summed E-state index contributed by atoms with van der Waals surface area (Å²) in [4.78, 5) is 36.5. The lowest BCUT2D eigenvalue weighted by Gasteiger charge is -2.50. The van der Waals surface area contributed by atoms with Gasteiger partial charge >= 0.3 is 0 Å². The van der Waals surface area contributed by atoms with E-state index < -0.39 is 5.54 Å². The molecular formula is C18H26N4O3. The Kier molecular flexibility index (Phi) is 5.22. The first-order valence-electron chi connectivity index (χ1n) is 8.83. The first-order chi connectivity index (χ1) is 12.1. The maximum absolute atomic E-state index is 12.6. The Labute approximate surface area is 148 Å². The lowest BCUT2D eigenvalue weighted by Crippen LogP contribution is -2.59. The van der Waals surface area contributed by atoms with Crippen LogP contribution in [-0.2, 0) is 26.3 Å². The number of carbonyl (C=O) groups excluding carboxylic acids is 2. The predicted molar refractivity (Wildman–Crippen MR) is 92.8 cm³/mol. The zero-order valence-corrected chi connectivity index (χ0v) is 15.0. The highest BCUT2D eigenvalue weighted by Crippen LogP contribution is 2.42. The molecule has 0 saturated carbocycles. The molecule has 0 unspecified atom stereocenters. The summed E-state index contributed by atoms with van der Waals surface area (Å²) in [7, 11) is 1.54. The number of nitrogens with one attached hydrogen (secondary N) is 1. The maximum Gasteiger partial charge on any atom is 0.249 e. The van der Waals surface area contributed by atoms with Crippen LogP contribution >= 0.6 is 0 Å². The van der Waals surface area contributed by atoms with E-state index in [9.17, 15) is 9.59 Å². The molecule has 1 spiro atoms. The molecule has 3 heterocycles. The number of rotatable bonds is 4. The lowest BCUT2D eigenvalue weighted by atomic mass is 9.78. The molecule has 1 aromatic rings. The van der Waals surface area contributed by atoms with Crippen molar-refractivity contribution in [2.45, 2.75) is 38.1 Å². The molecule has 0 bridgehead atoms. The molecule has 2 aliphatic heterocycles. The van der Waals surface area contributed by atoms with E-state index in [1.165, 1.54) is 7.11 Å². The minimum Gasteiger partial charge on any atom is -0.375 e. The topological polar surface area (TPSA) is 78.5 Å². The molecule has 2 aliphatic rings. The number of piperidine rings is 1. The van der Waals surface area contributed by atoms with Crippen LogP contribution in [0.5, 0.6) is 0 Å². The van der Waals surface area contributed by atoms with Gasteiger partial charge in [0.2, 0.25) is 11.8 Å². The Hall–Kier alpha value is -2.15. The van der Waals surface area contributed by atoms with Gasteiger partial charge in [0.15, 0.2) is 0 Å². The fraction of sp³-hybridized carbons (Fsp3) is 0.611. The molecule has 0 aromatic carbocycles. The molecule has 0 atom stereocenters. The van der Waals surface area contributed by atoms with Gasteiger partial charge in [0.05, 0.1) is 17.6 Å². The van der Waals surface area contributed by atoms with E-state index >= 15 is 0 Å². The summed E-state index contributed by atoms with van der Waals surface area (Å²) in [5, 5.41) is 0. The molecule has 0 radical (unpaired) electrons. The quantitative estimate of drug-likeness (QED) is 0.832. The van der Waals surface area contributed by atoms with E-state index in [-0.39, 0.29) is 18.4 Å². The van der Waals surface area contributed by atoms with Crippen molar-refractivity contribution in [3.05, 3.63) is 29.9 Å². The van der Waals surface area contributed by atoms with E-state index in [1.54, 1.807) is 6.33 Å². The second-order valence-corrected chi connectivity index (χ2v) is 6.64. The van der Waals surface area contributed by atoms with Gasteiger partial charge in [-0.1, -0.05) is 12.2 Å². The number of aromatic amines is 1. The molecule has 7 nitrogen and oxygen atoms in total. The average Bonchev–Trinajstić information content (AvgIpc) is 3.11. The van der Waals surface area contributed by atoms with E-state index in [0.717, 1.165) is 17.8 Å². The van der Waals surface area contributed by atoms with Gasteiger partial charge in [-0.15, -0.1) is 0 Å². The Bertz CT molecular complexity index is 659. The van der Waals surface area contributed by atoms with Crippen molar-refractivity contribution < 1.29 is 14.3 Å². The summed E-state index contributed by atoms with van der Waals surface area (Å²) in [6, 6.07) is 0. The molecular weight excluding hydrogens is 320 g/mol. The van der Waals surface area contributed by atoms with Gasteiger partial charge in [-0.3, -0.25) is 9.59 Å². The van der Waals surface area contributed by atoms with Crippen LogP contribution in [0.15, 0.2) is 18.5 Å². The van der Waals surface area contributed by atoms with Gasteiger partial charge in [0.1, 0.15) is 6.61 Å². The number of ether oxygens (including phenoxy) is 1. The number of amides is 2. The number of fused-ring (bicyclic) bond motifs is 2. The van der Waals surface area contributed by atoms with Gasteiger partial charge < -0.3 is 19.5 Å². The number of H-pyrrole nitrogens is 1. The monoisotopic (exact) mass is 346 g/mol. The summed E-state index contributed by atoms with van der Waals surface area (Å²) in [6.45, 7) is 3.92. The molecule has 3 rings (SSSR count). The minimum atomic E-state index is -0.430. The van der Waals surface area contributed by atoms with Gasteiger partial charge in [-0.2, -0.15) is 0 Å². The summed E-state index contributed by atoms with van der Waals surface area (Å²) >= 11 is 0. The van der Waals surface area contributed by atoms with E-state index in [0.29, 0.717) is 38.9 Å². The third kappa shape index (κ3) is 3.20. The number of hydrogen-bond acceptors (Lipinski definition) is 4. The fourth-order valence-electron chi connectivity index (χ4n) is 4.02. The van der Waals surface area contributed by atoms with Crippen molar-refractivity contribution >= 4 is 11.8 Å². The van der Waals surface area contributed by atoms with Crippen LogP contribution in [0.3, 0.4) is 0 Å². The molecule has 136 valence electrons. The van der Waals surface area contributed by atoms with Crippen LogP contribution in [-0.4, -0.2) is 64.9 Å². The van der Waals surface area contributed by atoms with Crippen molar-refractivity contribution in [3.8, 4) is 0 Å². The van der Waals surface area contributed by atoms with Crippen LogP contribution in [0.4, 0.5) is 0 Å². The molecule has 7 heteroatoms. The predicted octanol–water partition coefficient (Wildman–Crippen LogP) is 1.22. The molecule has 1 N–H and O–H groups in total. The number of aromatic nitrogens is 2. The Morgan fingerprint density at radius 2 is 2.08 bits per heavy atom. The highest BCUT2D eigenvalue weighted by molar-refractivity contribution is 5.80. The van der Waals surface area contributed by atoms with Crippen molar-refractivity contribution in [1.82, 2.24) is 19.8 Å². The number of methoxy groups -OCH3 is 1. The summed E-state index contributed by atoms with van der Waals surface area (Å²) in [5.74, 6) is 0.130. The van der Waals surface area contributed by atoms with Crippen molar-refractivity contribution in [2.24, 2.45) is 0 Å². The van der Waals surface area contributed by atoms with Crippen molar-refractivity contribution in [2.75, 3.05) is 33.4 Å². The van der Waals surface area contributed by atoms with Crippen molar-refractivity contribution in [3.63, 3.8) is 0 Å². The Balaban J connectivity index is 1.82. The summed E-state index contributed by atoms with van der Waals surface area (Å²) < 4.78 is 5.07. The third-order valence-electron chi connectivity index (χ3n) is 5.30. The minimum absolute atomic E-state index is 0.00940. The molecule has 1 saturated heterocycles. The first kappa shape index (κ1) is 17.7. The van der Waals surface area contributed by atoms with Crippen molar-refractivity contribution in [1.29, 1.82) is 0 Å². The average molecular weight is 346 g/mol. The lowest BCUT2D eigenvalue weighted by molar-refractivity contribution is -0.147. The molecule has 2 amide bonds. The summed E-state index contributed by atoms with van der Waals surface area (Å²) in [5.41, 5.74) is 1.64. The number of hydrogen-bond donors (Lipinski definition) is 1. The Morgan fingerprint density at radius 1 is 1.32 bits per heavy atom. The zero-order chi connectivity index (χ0) is 17.9. The third-order valence-corrected chi connectivity index (χ3v) is 5.30. The molecule has 1 fully saturated rings. The van der Waals surface area contributed by atoms with Crippen LogP contribution < -0.4 is 0 Å². The van der Waals surface area contributed by atoms with Crippen LogP contribution in [0.25, 0.3) is 0 Å². The number of likely N-dealkylation sites (tertiary alicyclic amines) is 1. The highest BCUT2D eigenvalue weighted by atomic mass is 16.5. The number of nitrogens with zero attached hydrogens (tertiary/aromatic N) is 3. The molecule has 0 aliphatic carbocycles. The zero-order valence-electron chi connectivity index (χ0n) is 15.0.